The van der Waals surface area contributed by atoms with Crippen molar-refractivity contribution in [2.45, 2.75) is 25.3 Å². The van der Waals surface area contributed by atoms with Crippen LogP contribution in [0.1, 0.15) is 34.8 Å². The van der Waals surface area contributed by atoms with Crippen molar-refractivity contribution in [2.75, 3.05) is 31.1 Å². The molecule has 3 heterocycles. The number of quaternary nitrogens is 1. The van der Waals surface area contributed by atoms with E-state index in [2.05, 4.69) is 75.6 Å². The maximum atomic E-state index is 4.75. The number of hydrogen-bond acceptors (Lipinski definition) is 4. The third kappa shape index (κ3) is 3.27. The fourth-order valence-electron chi connectivity index (χ4n) is 5.38. The van der Waals surface area contributed by atoms with Crippen LogP contribution in [0.2, 0.25) is 0 Å². The van der Waals surface area contributed by atoms with E-state index in [1.54, 1.807) is 11.2 Å². The molecular weight excluding hydrogens is 384 g/mol. The smallest absolute Gasteiger partial charge is 0.254 e. The van der Waals surface area contributed by atoms with Gasteiger partial charge >= 0.3 is 0 Å². The van der Waals surface area contributed by atoms with E-state index in [0.717, 1.165) is 44.8 Å². The summed E-state index contributed by atoms with van der Waals surface area (Å²) >= 11 is 0. The first kappa shape index (κ1) is 18.5. The summed E-state index contributed by atoms with van der Waals surface area (Å²) in [5.41, 5.74) is 5.38. The number of fused-ring (bicyclic) bond motifs is 2. The monoisotopic (exact) mass is 411 g/mol. The summed E-state index contributed by atoms with van der Waals surface area (Å²) in [6.07, 6.45) is 4.96. The summed E-state index contributed by atoms with van der Waals surface area (Å²) in [5.74, 6) is 1.96. The molecule has 1 N–H and O–H groups in total. The number of nitrogens with zero attached hydrogens (tertiary/aromatic N) is 5. The number of anilines is 1. The van der Waals surface area contributed by atoms with Gasteiger partial charge in [0.15, 0.2) is 0 Å². The third-order valence-electron chi connectivity index (χ3n) is 6.80. The summed E-state index contributed by atoms with van der Waals surface area (Å²) in [7, 11) is 0. The second kappa shape index (κ2) is 7.78. The van der Waals surface area contributed by atoms with Gasteiger partial charge in [-0.25, -0.2) is 4.98 Å². The predicted octanol–water partition coefficient (Wildman–Crippen LogP) is 2.11. The molecule has 0 unspecified atom stereocenters. The first-order valence-electron chi connectivity index (χ1n) is 11.3. The molecule has 6 rings (SSSR count). The molecule has 6 heteroatoms. The van der Waals surface area contributed by atoms with Gasteiger partial charge in [-0.3, -0.25) is 0 Å². The number of hydrogen-bond donors (Lipinski definition) is 1. The highest BCUT2D eigenvalue weighted by atomic mass is 15.4. The van der Waals surface area contributed by atoms with Crippen LogP contribution in [0.5, 0.6) is 0 Å². The molecule has 1 saturated heterocycles. The highest BCUT2D eigenvalue weighted by Gasteiger charge is 2.33. The van der Waals surface area contributed by atoms with Crippen LogP contribution in [0.3, 0.4) is 0 Å². The molecule has 156 valence electrons. The van der Waals surface area contributed by atoms with Crippen LogP contribution in [0.15, 0.2) is 67.0 Å². The number of piperazine rings is 1. The Labute approximate surface area is 182 Å². The molecule has 2 aliphatic rings. The van der Waals surface area contributed by atoms with Gasteiger partial charge in [0.05, 0.1) is 31.9 Å². The molecule has 31 heavy (non-hydrogen) atoms. The fraction of sp³-hybridized carbons (Fsp3) is 0.320. The van der Waals surface area contributed by atoms with Crippen LogP contribution in [-0.2, 0) is 12.8 Å². The standard InChI is InChI=1S/C25H26N6/c1-3-8-19(9-4-1)23(20-10-5-2-6-11-20)29-14-16-30(17-15-29)24-21-12-7-13-22(21)28-25-26-18-27-31(24)25/h1-6,8-11,18,23H,7,12-17H2/p+1. The fourth-order valence-corrected chi connectivity index (χ4v) is 5.38. The Morgan fingerprint density at radius 1 is 0.839 bits per heavy atom. The summed E-state index contributed by atoms with van der Waals surface area (Å²) in [4.78, 5) is 13.3. The van der Waals surface area contributed by atoms with E-state index in [0.29, 0.717) is 6.04 Å². The Morgan fingerprint density at radius 3 is 2.19 bits per heavy atom. The second-order valence-corrected chi connectivity index (χ2v) is 8.59. The van der Waals surface area contributed by atoms with Gasteiger partial charge in [0.1, 0.15) is 18.2 Å². The van der Waals surface area contributed by atoms with Gasteiger partial charge < -0.3 is 9.80 Å². The molecule has 2 aromatic heterocycles. The number of aryl methyl sites for hydroxylation is 1. The van der Waals surface area contributed by atoms with Gasteiger partial charge in [0.25, 0.3) is 5.78 Å². The predicted molar refractivity (Wildman–Crippen MR) is 120 cm³/mol. The van der Waals surface area contributed by atoms with Gasteiger partial charge in [0, 0.05) is 16.7 Å². The van der Waals surface area contributed by atoms with Crippen molar-refractivity contribution in [3.63, 3.8) is 0 Å². The summed E-state index contributed by atoms with van der Waals surface area (Å²) in [6.45, 7) is 4.19. The van der Waals surface area contributed by atoms with Crippen LogP contribution in [0, 0.1) is 0 Å². The molecule has 1 fully saturated rings. The molecule has 2 aromatic carbocycles. The Balaban J connectivity index is 1.31. The minimum Gasteiger partial charge on any atom is -0.345 e. The zero-order chi connectivity index (χ0) is 20.6. The van der Waals surface area contributed by atoms with Gasteiger partial charge in [-0.2, -0.15) is 14.6 Å². The highest BCUT2D eigenvalue weighted by Crippen LogP contribution is 2.30. The van der Waals surface area contributed by atoms with Crippen LogP contribution >= 0.6 is 0 Å². The highest BCUT2D eigenvalue weighted by molar-refractivity contribution is 5.56. The quantitative estimate of drug-likeness (QED) is 0.559. The lowest BCUT2D eigenvalue weighted by Gasteiger charge is -2.38. The zero-order valence-electron chi connectivity index (χ0n) is 17.6. The van der Waals surface area contributed by atoms with Gasteiger partial charge in [-0.1, -0.05) is 60.7 Å². The minimum atomic E-state index is 0.360. The van der Waals surface area contributed by atoms with Crippen molar-refractivity contribution in [1.29, 1.82) is 0 Å². The van der Waals surface area contributed by atoms with E-state index in [-0.39, 0.29) is 0 Å². The molecule has 0 radical (unpaired) electrons. The molecule has 0 atom stereocenters. The van der Waals surface area contributed by atoms with Crippen molar-refractivity contribution in [3.8, 4) is 0 Å². The summed E-state index contributed by atoms with van der Waals surface area (Å²) < 4.78 is 1.96. The maximum absolute atomic E-state index is 4.75. The lowest BCUT2D eigenvalue weighted by atomic mass is 9.96. The summed E-state index contributed by atoms with van der Waals surface area (Å²) in [6, 6.07) is 22.3. The van der Waals surface area contributed by atoms with E-state index in [1.165, 1.54) is 34.6 Å². The van der Waals surface area contributed by atoms with Gasteiger partial charge in [-0.05, 0) is 19.3 Å². The van der Waals surface area contributed by atoms with Gasteiger partial charge in [-0.15, -0.1) is 0 Å². The molecule has 0 spiro atoms. The Bertz CT molecular complexity index is 1140. The topological polar surface area (TPSA) is 50.8 Å². The van der Waals surface area contributed by atoms with E-state index in [1.807, 2.05) is 4.52 Å². The molecule has 6 nitrogen and oxygen atoms in total. The lowest BCUT2D eigenvalue weighted by Crippen LogP contribution is -3.15. The van der Waals surface area contributed by atoms with Crippen molar-refractivity contribution < 1.29 is 4.90 Å². The number of aromatic nitrogens is 4. The second-order valence-electron chi connectivity index (χ2n) is 8.59. The molecule has 1 aliphatic carbocycles. The third-order valence-corrected chi connectivity index (χ3v) is 6.80. The van der Waals surface area contributed by atoms with Crippen LogP contribution < -0.4 is 9.80 Å². The maximum Gasteiger partial charge on any atom is 0.254 e. The molecule has 1 aliphatic heterocycles. The molecule has 4 aromatic rings. The minimum absolute atomic E-state index is 0.360. The van der Waals surface area contributed by atoms with E-state index >= 15 is 0 Å². The van der Waals surface area contributed by atoms with Crippen LogP contribution in [0.4, 0.5) is 5.82 Å². The van der Waals surface area contributed by atoms with Crippen LogP contribution in [-0.4, -0.2) is 45.8 Å². The first-order chi connectivity index (χ1) is 15.4. The Hall–Kier alpha value is -3.25. The van der Waals surface area contributed by atoms with Crippen molar-refractivity contribution in [2.24, 2.45) is 0 Å². The summed E-state index contributed by atoms with van der Waals surface area (Å²) in [5, 5.41) is 4.52. The number of rotatable bonds is 4. The average molecular weight is 412 g/mol. The van der Waals surface area contributed by atoms with E-state index in [4.69, 9.17) is 4.98 Å². The Kier molecular flexibility index (Phi) is 4.65. The van der Waals surface area contributed by atoms with Crippen molar-refractivity contribution in [3.05, 3.63) is 89.4 Å². The van der Waals surface area contributed by atoms with Crippen molar-refractivity contribution in [1.82, 2.24) is 19.6 Å². The molecule has 0 saturated carbocycles. The SMILES string of the molecule is c1ccc(C(c2ccccc2)[NH+]2CCN(c3c4c(nc5ncnn35)CCC4)CC2)cc1. The van der Waals surface area contributed by atoms with Crippen LogP contribution in [0.25, 0.3) is 5.78 Å². The molecule has 0 bridgehead atoms. The van der Waals surface area contributed by atoms with Crippen molar-refractivity contribution >= 4 is 11.6 Å². The lowest BCUT2D eigenvalue weighted by molar-refractivity contribution is -0.926. The van der Waals surface area contributed by atoms with Gasteiger partial charge in [0.2, 0.25) is 0 Å². The zero-order valence-corrected chi connectivity index (χ0v) is 17.6. The first-order valence-corrected chi connectivity index (χ1v) is 11.3. The average Bonchev–Trinajstić information content (AvgIpc) is 3.49. The molecule has 0 amide bonds. The normalized spacial score (nSPS) is 16.9. The largest absolute Gasteiger partial charge is 0.345 e. The molecular formula is C25H27N6+. The number of benzene rings is 2. The Morgan fingerprint density at radius 2 is 1.52 bits per heavy atom. The van der Waals surface area contributed by atoms with E-state index in [9.17, 15) is 0 Å². The van der Waals surface area contributed by atoms with E-state index < -0.39 is 0 Å². The number of nitrogens with one attached hydrogen (secondary N) is 1.